The largest absolute Gasteiger partial charge is 0.402 e. The number of halogens is 2. The van der Waals surface area contributed by atoms with Crippen molar-refractivity contribution in [3.05, 3.63) is 74.4 Å². The Morgan fingerprint density at radius 3 is 2.61 bits per heavy atom. The zero-order valence-electron chi connectivity index (χ0n) is 12.6. The molecule has 0 fully saturated rings. The van der Waals surface area contributed by atoms with Gasteiger partial charge in [0, 0.05) is 5.02 Å². The van der Waals surface area contributed by atoms with E-state index in [-0.39, 0.29) is 11.6 Å². The van der Waals surface area contributed by atoms with Gasteiger partial charge in [0.15, 0.2) is 5.70 Å². The van der Waals surface area contributed by atoms with Gasteiger partial charge in [0.1, 0.15) is 0 Å². The van der Waals surface area contributed by atoms with Crippen LogP contribution in [0.5, 0.6) is 0 Å². The number of cyclic esters (lactones) is 1. The molecule has 0 spiro atoms. The highest BCUT2D eigenvalue weighted by Crippen LogP contribution is 2.26. The molecule has 2 aromatic rings. The smallest absolute Gasteiger partial charge is 0.363 e. The zero-order chi connectivity index (χ0) is 16.6. The summed E-state index contributed by atoms with van der Waals surface area (Å²) in [5.74, 6) is -0.305. The molecule has 5 heteroatoms. The molecule has 0 N–H and O–H groups in total. The molecule has 1 aliphatic heterocycles. The fraction of sp³-hybridized carbons (Fsp3) is 0.111. The van der Waals surface area contributed by atoms with E-state index in [2.05, 4.69) is 4.99 Å². The van der Waals surface area contributed by atoms with Crippen LogP contribution in [0.25, 0.3) is 6.08 Å². The predicted octanol–water partition coefficient (Wildman–Crippen LogP) is 4.95. The second kappa shape index (κ2) is 6.19. The summed E-state index contributed by atoms with van der Waals surface area (Å²) in [5, 5.41) is 0.895. The number of rotatable bonds is 2. The minimum atomic E-state index is -0.494. The van der Waals surface area contributed by atoms with Crippen LogP contribution in [0.2, 0.25) is 10.0 Å². The number of hydrogen-bond donors (Lipinski definition) is 0. The van der Waals surface area contributed by atoms with Gasteiger partial charge in [0.2, 0.25) is 5.90 Å². The maximum absolute atomic E-state index is 12.1. The first-order valence-corrected chi connectivity index (χ1v) is 7.75. The minimum absolute atomic E-state index is 0.188. The van der Waals surface area contributed by atoms with Crippen molar-refractivity contribution in [2.24, 2.45) is 4.99 Å². The number of esters is 1. The number of hydrogen-bond acceptors (Lipinski definition) is 3. The number of aliphatic imine (C=N–C) groups is 1. The van der Waals surface area contributed by atoms with Crippen LogP contribution in [0.3, 0.4) is 0 Å². The van der Waals surface area contributed by atoms with Gasteiger partial charge in [0.05, 0.1) is 10.6 Å². The molecule has 1 heterocycles. The van der Waals surface area contributed by atoms with Crippen LogP contribution < -0.4 is 0 Å². The molecule has 0 radical (unpaired) electrons. The maximum atomic E-state index is 12.1. The first-order valence-electron chi connectivity index (χ1n) is 6.99. The van der Waals surface area contributed by atoms with E-state index in [1.165, 1.54) is 0 Å². The van der Waals surface area contributed by atoms with Crippen LogP contribution in [0, 0.1) is 13.8 Å². The van der Waals surface area contributed by atoms with Crippen molar-refractivity contribution in [2.45, 2.75) is 13.8 Å². The van der Waals surface area contributed by atoms with Crippen molar-refractivity contribution < 1.29 is 9.53 Å². The third kappa shape index (κ3) is 3.31. The van der Waals surface area contributed by atoms with E-state index in [9.17, 15) is 4.79 Å². The summed E-state index contributed by atoms with van der Waals surface area (Å²) in [6.07, 6.45) is 1.72. The third-order valence-electron chi connectivity index (χ3n) is 3.51. The summed E-state index contributed by atoms with van der Waals surface area (Å²) in [4.78, 5) is 16.3. The van der Waals surface area contributed by atoms with Crippen LogP contribution in [0.1, 0.15) is 22.3 Å². The summed E-state index contributed by atoms with van der Waals surface area (Å²) in [6.45, 7) is 3.98. The van der Waals surface area contributed by atoms with Crippen molar-refractivity contribution in [1.82, 2.24) is 0 Å². The highest BCUT2D eigenvalue weighted by molar-refractivity contribution is 6.37. The Kier molecular flexibility index (Phi) is 4.24. The highest BCUT2D eigenvalue weighted by Gasteiger charge is 2.25. The number of aryl methyl sites for hydroxylation is 2. The molecule has 2 aromatic carbocycles. The van der Waals surface area contributed by atoms with Crippen molar-refractivity contribution in [3.8, 4) is 0 Å². The molecule has 116 valence electrons. The molecular weight excluding hydrogens is 333 g/mol. The molecule has 0 amide bonds. The van der Waals surface area contributed by atoms with Crippen molar-refractivity contribution in [1.29, 1.82) is 0 Å². The molecule has 23 heavy (non-hydrogen) atoms. The average Bonchev–Trinajstić information content (AvgIpc) is 2.84. The lowest BCUT2D eigenvalue weighted by Crippen LogP contribution is -2.05. The van der Waals surface area contributed by atoms with Crippen LogP contribution in [0.15, 0.2) is 47.1 Å². The molecule has 0 atom stereocenters. The van der Waals surface area contributed by atoms with E-state index in [0.29, 0.717) is 15.6 Å². The Bertz CT molecular complexity index is 869. The third-order valence-corrected chi connectivity index (χ3v) is 4.06. The van der Waals surface area contributed by atoms with E-state index in [1.54, 1.807) is 24.3 Å². The number of carbonyl (C=O) groups excluding carboxylic acids is 1. The molecule has 0 saturated carbocycles. The van der Waals surface area contributed by atoms with Crippen LogP contribution in [-0.4, -0.2) is 11.9 Å². The Morgan fingerprint density at radius 2 is 1.87 bits per heavy atom. The first-order chi connectivity index (χ1) is 10.9. The van der Waals surface area contributed by atoms with Gasteiger partial charge in [-0.05, 0) is 49.2 Å². The molecule has 0 aliphatic carbocycles. The number of nitrogens with zero attached hydrogens (tertiary/aromatic N) is 1. The van der Waals surface area contributed by atoms with Gasteiger partial charge in [-0.1, -0.05) is 47.0 Å². The molecular formula is C18H13Cl2NO2. The Morgan fingerprint density at radius 1 is 1.09 bits per heavy atom. The maximum Gasteiger partial charge on any atom is 0.363 e. The molecule has 0 saturated heterocycles. The van der Waals surface area contributed by atoms with Crippen LogP contribution in [0.4, 0.5) is 0 Å². The lowest BCUT2D eigenvalue weighted by Gasteiger charge is -2.02. The van der Waals surface area contributed by atoms with Crippen molar-refractivity contribution in [2.75, 3.05) is 0 Å². The zero-order valence-corrected chi connectivity index (χ0v) is 14.1. The van der Waals surface area contributed by atoms with E-state index in [0.717, 1.165) is 16.7 Å². The molecule has 3 rings (SSSR count). The van der Waals surface area contributed by atoms with Crippen molar-refractivity contribution in [3.63, 3.8) is 0 Å². The summed E-state index contributed by atoms with van der Waals surface area (Å²) in [6, 6.07) is 11.0. The molecule has 1 aliphatic rings. The van der Waals surface area contributed by atoms with Gasteiger partial charge in [-0.25, -0.2) is 9.79 Å². The van der Waals surface area contributed by atoms with Gasteiger partial charge >= 0.3 is 5.97 Å². The van der Waals surface area contributed by atoms with E-state index in [1.807, 2.05) is 32.0 Å². The topological polar surface area (TPSA) is 38.7 Å². The summed E-state index contributed by atoms with van der Waals surface area (Å²) in [7, 11) is 0. The normalized spacial score (nSPS) is 15.7. The fourth-order valence-electron chi connectivity index (χ4n) is 2.25. The Labute approximate surface area is 144 Å². The monoisotopic (exact) mass is 345 g/mol. The molecule has 0 aromatic heterocycles. The lowest BCUT2D eigenvalue weighted by atomic mass is 10.0. The Hall–Kier alpha value is -2.10. The molecule has 3 nitrogen and oxygen atoms in total. The Balaban J connectivity index is 2.01. The summed E-state index contributed by atoms with van der Waals surface area (Å²) >= 11 is 12.0. The summed E-state index contributed by atoms with van der Waals surface area (Å²) < 4.78 is 5.24. The summed E-state index contributed by atoms with van der Waals surface area (Å²) in [5.41, 5.74) is 3.89. The van der Waals surface area contributed by atoms with Gasteiger partial charge in [-0.3, -0.25) is 0 Å². The molecule has 0 bridgehead atoms. The van der Waals surface area contributed by atoms with E-state index in [4.69, 9.17) is 27.9 Å². The van der Waals surface area contributed by atoms with Gasteiger partial charge in [-0.2, -0.15) is 0 Å². The second-order valence-corrected chi connectivity index (χ2v) is 6.16. The van der Waals surface area contributed by atoms with Gasteiger partial charge in [0.25, 0.3) is 0 Å². The van der Waals surface area contributed by atoms with Gasteiger partial charge < -0.3 is 4.74 Å². The first kappa shape index (κ1) is 15.8. The standard InChI is InChI=1S/C18H13Cl2NO2/c1-10-3-4-11(2)12(7-10)8-16-18(22)23-17(21-16)14-6-5-13(19)9-15(14)20/h3-9H,1-2H3. The van der Waals surface area contributed by atoms with Crippen molar-refractivity contribution >= 4 is 41.1 Å². The SMILES string of the molecule is Cc1ccc(C)c(C=C2N=C(c3ccc(Cl)cc3Cl)OC2=O)c1. The number of carbonyl (C=O) groups is 1. The van der Waals surface area contributed by atoms with Crippen LogP contribution in [-0.2, 0) is 9.53 Å². The van der Waals surface area contributed by atoms with Gasteiger partial charge in [-0.15, -0.1) is 0 Å². The van der Waals surface area contributed by atoms with Crippen LogP contribution >= 0.6 is 23.2 Å². The minimum Gasteiger partial charge on any atom is -0.402 e. The number of ether oxygens (including phenoxy) is 1. The second-order valence-electron chi connectivity index (χ2n) is 5.32. The van der Waals surface area contributed by atoms with E-state index < -0.39 is 5.97 Å². The highest BCUT2D eigenvalue weighted by atomic mass is 35.5. The number of benzene rings is 2. The van der Waals surface area contributed by atoms with E-state index >= 15 is 0 Å². The fourth-order valence-corrected chi connectivity index (χ4v) is 2.74. The predicted molar refractivity (Wildman–Crippen MR) is 93.0 cm³/mol. The average molecular weight is 346 g/mol. The quantitative estimate of drug-likeness (QED) is 0.570. The molecule has 0 unspecified atom stereocenters. The lowest BCUT2D eigenvalue weighted by molar-refractivity contribution is -0.129.